The Morgan fingerprint density at radius 1 is 1.22 bits per heavy atom. The van der Waals surface area contributed by atoms with E-state index in [2.05, 4.69) is 10.3 Å². The minimum absolute atomic E-state index is 0.0281. The van der Waals surface area contributed by atoms with Crippen LogP contribution < -0.4 is 10.1 Å². The third-order valence-electron chi connectivity index (χ3n) is 5.30. The maximum absolute atomic E-state index is 14.2. The molecule has 12 heteroatoms. The van der Waals surface area contributed by atoms with Crippen molar-refractivity contribution in [1.29, 1.82) is 0 Å². The molecular formula is C24H29F3N4O4S. The smallest absolute Gasteiger partial charge is 0.434 e. The summed E-state index contributed by atoms with van der Waals surface area (Å²) in [6.45, 7) is 4.16. The number of alkyl halides is 3. The predicted octanol–water partition coefficient (Wildman–Crippen LogP) is 3.83. The molecule has 36 heavy (non-hydrogen) atoms. The molecule has 0 spiro atoms. The number of esters is 1. The Bertz CT molecular complexity index is 1080. The van der Waals surface area contributed by atoms with E-state index in [-0.39, 0.29) is 17.5 Å². The molecule has 2 heterocycles. The fourth-order valence-corrected chi connectivity index (χ4v) is 4.62. The number of likely N-dealkylation sites (N-methyl/N-ethyl adjacent to an activating group) is 1. The van der Waals surface area contributed by atoms with E-state index in [0.717, 1.165) is 11.8 Å². The van der Waals surface area contributed by atoms with Crippen molar-refractivity contribution in [3.8, 4) is 5.75 Å². The van der Waals surface area contributed by atoms with Gasteiger partial charge in [0, 0.05) is 18.8 Å². The molecule has 0 fully saturated rings. The van der Waals surface area contributed by atoms with Gasteiger partial charge in [-0.05, 0) is 51.0 Å². The van der Waals surface area contributed by atoms with E-state index < -0.39 is 35.6 Å². The third-order valence-corrected chi connectivity index (χ3v) is 6.18. The Morgan fingerprint density at radius 3 is 2.44 bits per heavy atom. The zero-order chi connectivity index (χ0) is 26.6. The van der Waals surface area contributed by atoms with Crippen LogP contribution >= 0.6 is 11.8 Å². The normalized spacial score (nSPS) is 17.7. The SMILES string of the molecule is COc1ccc(C2C(C(=O)OC(C)C)=C(C(F)(F)F)N=C3SC=C(CC(=O)NCCN(C)C)N32)cc1. The van der Waals surface area contributed by atoms with Crippen molar-refractivity contribution >= 4 is 28.8 Å². The van der Waals surface area contributed by atoms with E-state index in [0.29, 0.717) is 30.1 Å². The summed E-state index contributed by atoms with van der Waals surface area (Å²) in [6, 6.07) is 5.16. The molecule has 1 atom stereocenters. The van der Waals surface area contributed by atoms with Gasteiger partial charge in [-0.3, -0.25) is 4.79 Å². The van der Waals surface area contributed by atoms with Crippen molar-refractivity contribution in [3.05, 3.63) is 52.2 Å². The largest absolute Gasteiger partial charge is 0.497 e. The maximum Gasteiger partial charge on any atom is 0.434 e. The van der Waals surface area contributed by atoms with E-state index in [9.17, 15) is 22.8 Å². The third kappa shape index (κ3) is 6.41. The van der Waals surface area contributed by atoms with Gasteiger partial charge in [0.15, 0.2) is 10.9 Å². The lowest BCUT2D eigenvalue weighted by atomic mass is 9.93. The standard InChI is InChI=1S/C24H29F3N4O4S/c1-14(2)35-22(33)19-20(15-6-8-17(34-5)9-7-15)31-16(12-18(32)28-10-11-30(3)4)13-36-23(31)29-21(19)24(25,26)27/h6-9,13-14,20H,10-12H2,1-5H3,(H,28,32). The van der Waals surface area contributed by atoms with Crippen LogP contribution in [0.3, 0.4) is 0 Å². The summed E-state index contributed by atoms with van der Waals surface area (Å²) < 4.78 is 52.9. The Balaban J connectivity index is 2.06. The highest BCUT2D eigenvalue weighted by Crippen LogP contribution is 2.48. The van der Waals surface area contributed by atoms with Gasteiger partial charge in [0.1, 0.15) is 5.75 Å². The monoisotopic (exact) mass is 526 g/mol. The molecule has 1 N–H and O–H groups in total. The molecule has 0 saturated carbocycles. The van der Waals surface area contributed by atoms with Gasteiger partial charge in [-0.25, -0.2) is 9.79 Å². The first-order valence-electron chi connectivity index (χ1n) is 11.2. The van der Waals surface area contributed by atoms with Gasteiger partial charge in [-0.2, -0.15) is 13.2 Å². The maximum atomic E-state index is 14.2. The summed E-state index contributed by atoms with van der Waals surface area (Å²) in [7, 11) is 5.22. The van der Waals surface area contributed by atoms with Gasteiger partial charge in [0.25, 0.3) is 0 Å². The molecule has 3 rings (SSSR count). The number of carbonyl (C=O) groups excluding carboxylic acids is 2. The molecule has 0 aromatic heterocycles. The Hall–Kier alpha value is -2.99. The molecule has 0 aliphatic carbocycles. The summed E-state index contributed by atoms with van der Waals surface area (Å²) in [4.78, 5) is 32.9. The van der Waals surface area contributed by atoms with Crippen LogP contribution in [-0.4, -0.2) is 73.4 Å². The number of hydrogen-bond donors (Lipinski definition) is 1. The fraction of sp³-hybridized carbons (Fsp3) is 0.458. The van der Waals surface area contributed by atoms with Crippen molar-refractivity contribution in [2.45, 2.75) is 38.6 Å². The van der Waals surface area contributed by atoms with Crippen LogP contribution in [0.5, 0.6) is 5.75 Å². The number of allylic oxidation sites excluding steroid dienone is 1. The van der Waals surface area contributed by atoms with Crippen molar-refractivity contribution in [2.75, 3.05) is 34.3 Å². The van der Waals surface area contributed by atoms with E-state index in [1.165, 1.54) is 12.0 Å². The number of amides is 1. The highest BCUT2D eigenvalue weighted by molar-refractivity contribution is 8.16. The molecule has 2 aliphatic heterocycles. The molecule has 8 nitrogen and oxygen atoms in total. The number of ether oxygens (including phenoxy) is 2. The van der Waals surface area contributed by atoms with Crippen LogP contribution in [0.15, 0.2) is 51.6 Å². The number of thioether (sulfide) groups is 1. The van der Waals surface area contributed by atoms with Crippen molar-refractivity contribution in [1.82, 2.24) is 15.1 Å². The summed E-state index contributed by atoms with van der Waals surface area (Å²) in [5, 5.41) is 4.42. The number of fused-ring (bicyclic) bond motifs is 1. The first-order chi connectivity index (χ1) is 16.9. The molecule has 0 saturated heterocycles. The van der Waals surface area contributed by atoms with Gasteiger partial charge in [-0.1, -0.05) is 23.9 Å². The Labute approximate surface area is 212 Å². The number of halogens is 3. The summed E-state index contributed by atoms with van der Waals surface area (Å²) in [6.07, 6.45) is -5.64. The minimum Gasteiger partial charge on any atom is -0.497 e. The molecule has 2 aliphatic rings. The second kappa shape index (κ2) is 11.4. The van der Waals surface area contributed by atoms with Crippen LogP contribution in [0.4, 0.5) is 13.2 Å². The van der Waals surface area contributed by atoms with Crippen LogP contribution in [-0.2, 0) is 14.3 Å². The van der Waals surface area contributed by atoms with Crippen molar-refractivity contribution in [3.63, 3.8) is 0 Å². The highest BCUT2D eigenvalue weighted by Gasteiger charge is 2.49. The van der Waals surface area contributed by atoms with E-state index in [4.69, 9.17) is 9.47 Å². The molecule has 1 amide bonds. The van der Waals surface area contributed by atoms with Crippen LogP contribution in [0.25, 0.3) is 0 Å². The van der Waals surface area contributed by atoms with E-state index in [1.807, 2.05) is 19.0 Å². The quantitative estimate of drug-likeness (QED) is 0.490. The number of rotatable bonds is 9. The summed E-state index contributed by atoms with van der Waals surface area (Å²) in [5.41, 5.74) is -1.12. The number of amidine groups is 1. The average Bonchev–Trinajstić information content (AvgIpc) is 3.19. The number of aliphatic imine (C=N–C) groups is 1. The second-order valence-corrected chi connectivity index (χ2v) is 9.55. The zero-order valence-corrected chi connectivity index (χ0v) is 21.5. The van der Waals surface area contributed by atoms with Crippen LogP contribution in [0, 0.1) is 0 Å². The Kier molecular flexibility index (Phi) is 8.72. The highest BCUT2D eigenvalue weighted by atomic mass is 32.2. The van der Waals surface area contributed by atoms with Gasteiger partial charge < -0.3 is 24.6 Å². The van der Waals surface area contributed by atoms with Crippen LogP contribution in [0.2, 0.25) is 0 Å². The first kappa shape index (κ1) is 27.6. The van der Waals surface area contributed by atoms with Crippen molar-refractivity contribution in [2.24, 2.45) is 4.99 Å². The van der Waals surface area contributed by atoms with Gasteiger partial charge in [-0.15, -0.1) is 0 Å². The van der Waals surface area contributed by atoms with Gasteiger partial charge >= 0.3 is 12.1 Å². The number of nitrogens with one attached hydrogen (secondary N) is 1. The predicted molar refractivity (Wildman–Crippen MR) is 131 cm³/mol. The molecule has 0 bridgehead atoms. The van der Waals surface area contributed by atoms with Crippen LogP contribution in [0.1, 0.15) is 31.9 Å². The fourth-order valence-electron chi connectivity index (χ4n) is 3.70. The molecule has 1 aromatic rings. The number of methoxy groups -OCH3 is 1. The minimum atomic E-state index is -4.90. The first-order valence-corrected chi connectivity index (χ1v) is 12.1. The van der Waals surface area contributed by atoms with E-state index in [1.54, 1.807) is 43.5 Å². The zero-order valence-electron chi connectivity index (χ0n) is 20.7. The summed E-state index contributed by atoms with van der Waals surface area (Å²) in [5.74, 6) is -0.912. The topological polar surface area (TPSA) is 83.5 Å². The summed E-state index contributed by atoms with van der Waals surface area (Å²) >= 11 is 0.973. The number of nitrogens with zero attached hydrogens (tertiary/aromatic N) is 3. The number of carbonyl (C=O) groups is 2. The molecule has 1 unspecified atom stereocenters. The second-order valence-electron chi connectivity index (χ2n) is 8.71. The average molecular weight is 527 g/mol. The molecular weight excluding hydrogens is 497 g/mol. The lowest BCUT2D eigenvalue weighted by molar-refractivity contribution is -0.144. The molecule has 196 valence electrons. The lowest BCUT2D eigenvalue weighted by Crippen LogP contribution is -2.40. The van der Waals surface area contributed by atoms with Gasteiger partial charge in [0.05, 0.1) is 31.2 Å². The number of hydrogen-bond acceptors (Lipinski definition) is 8. The van der Waals surface area contributed by atoms with Gasteiger partial charge in [0.2, 0.25) is 5.91 Å². The molecule has 1 aromatic carbocycles. The Morgan fingerprint density at radius 2 is 1.89 bits per heavy atom. The van der Waals surface area contributed by atoms with Crippen molar-refractivity contribution < 1.29 is 32.2 Å². The molecule has 0 radical (unpaired) electrons. The van der Waals surface area contributed by atoms with E-state index >= 15 is 0 Å². The lowest BCUT2D eigenvalue weighted by Gasteiger charge is -2.37. The number of benzene rings is 1.